The highest BCUT2D eigenvalue weighted by molar-refractivity contribution is 7.85. The summed E-state index contributed by atoms with van der Waals surface area (Å²) in [6, 6.07) is 4.52. The molecule has 0 aliphatic carbocycles. The van der Waals surface area contributed by atoms with E-state index < -0.39 is 42.2 Å². The molecule has 0 unspecified atom stereocenters. The van der Waals surface area contributed by atoms with Crippen LogP contribution in [0.15, 0.2) is 18.2 Å². The molecule has 11 heteroatoms. The molecule has 0 radical (unpaired) electrons. The van der Waals surface area contributed by atoms with E-state index in [1.165, 1.54) is 11.0 Å². The van der Waals surface area contributed by atoms with Gasteiger partial charge in [-0.1, -0.05) is 20.8 Å². The molecule has 1 amide bonds. The number of amides is 1. The van der Waals surface area contributed by atoms with Crippen LogP contribution in [0, 0.1) is 5.82 Å². The van der Waals surface area contributed by atoms with Crippen molar-refractivity contribution in [2.75, 3.05) is 35.2 Å². The number of carbonyl (C=O) groups excluding carboxylic acids is 1. The molecule has 2 aliphatic rings. The zero-order valence-corrected chi connectivity index (χ0v) is 20.4. The number of cyclic esters (lactones) is 1. The van der Waals surface area contributed by atoms with E-state index in [0.29, 0.717) is 24.5 Å². The van der Waals surface area contributed by atoms with Crippen molar-refractivity contribution in [1.82, 2.24) is 0 Å². The Bertz CT molecular complexity index is 943. The number of halogens is 1. The van der Waals surface area contributed by atoms with Gasteiger partial charge in [0.2, 0.25) is 0 Å². The van der Waals surface area contributed by atoms with Crippen LogP contribution in [-0.4, -0.2) is 65.0 Å². The number of rotatable bonds is 7. The third-order valence-corrected chi connectivity index (χ3v) is 11.5. The molecule has 1 atom stereocenters. The molecule has 2 aliphatic heterocycles. The van der Waals surface area contributed by atoms with Crippen molar-refractivity contribution < 1.29 is 31.3 Å². The van der Waals surface area contributed by atoms with Crippen LogP contribution < -0.4 is 9.80 Å². The van der Waals surface area contributed by atoms with Crippen molar-refractivity contribution >= 4 is 35.9 Å². The Balaban J connectivity index is 1.60. The van der Waals surface area contributed by atoms with Crippen molar-refractivity contribution in [3.63, 3.8) is 0 Å². The van der Waals surface area contributed by atoms with Crippen molar-refractivity contribution in [3.8, 4) is 0 Å². The maximum absolute atomic E-state index is 14.8. The summed E-state index contributed by atoms with van der Waals surface area (Å²) in [6.45, 7) is 12.2. The maximum atomic E-state index is 14.8. The maximum Gasteiger partial charge on any atom is 0.414 e. The summed E-state index contributed by atoms with van der Waals surface area (Å²) in [6.07, 6.45) is -1.42. The number of hydrogen-bond acceptors (Lipinski definition) is 7. The Morgan fingerprint density at radius 1 is 1.26 bits per heavy atom. The van der Waals surface area contributed by atoms with E-state index in [2.05, 4.69) is 33.9 Å². The largest absolute Gasteiger partial charge is 0.748 e. The number of ether oxygens (including phenoxy) is 1. The van der Waals surface area contributed by atoms with Gasteiger partial charge in [0.15, 0.2) is 8.32 Å². The molecule has 2 saturated heterocycles. The van der Waals surface area contributed by atoms with Crippen LogP contribution in [0.5, 0.6) is 0 Å². The SMILES string of the molecule is CC(C)(C)[Si](C)(C)OC1CN(c2ccc(N3C[C@@H](CCS(=O)(=O)[O-])OC3=O)cc2F)C1. The molecule has 3 rings (SSSR count). The number of carbonyl (C=O) groups is 1. The normalized spacial score (nSPS) is 20.7. The Morgan fingerprint density at radius 2 is 1.90 bits per heavy atom. The lowest BCUT2D eigenvalue weighted by atomic mass is 10.1. The van der Waals surface area contributed by atoms with Gasteiger partial charge in [0.05, 0.1) is 34.1 Å². The molecule has 1 aromatic rings. The second kappa shape index (κ2) is 8.34. The monoisotopic (exact) mass is 473 g/mol. The third kappa shape index (κ3) is 5.57. The Labute approximate surface area is 184 Å². The summed E-state index contributed by atoms with van der Waals surface area (Å²) in [4.78, 5) is 15.2. The first kappa shape index (κ1) is 24.0. The Kier molecular flexibility index (Phi) is 6.45. The lowest BCUT2D eigenvalue weighted by molar-refractivity contribution is 0.139. The van der Waals surface area contributed by atoms with Gasteiger partial charge in [0.25, 0.3) is 0 Å². The van der Waals surface area contributed by atoms with E-state index in [9.17, 15) is 22.2 Å². The van der Waals surface area contributed by atoms with Crippen LogP contribution in [0.4, 0.5) is 20.6 Å². The van der Waals surface area contributed by atoms with Gasteiger partial charge >= 0.3 is 6.09 Å². The van der Waals surface area contributed by atoms with Crippen LogP contribution >= 0.6 is 0 Å². The number of anilines is 2. The highest BCUT2D eigenvalue weighted by atomic mass is 32.2. The molecule has 0 N–H and O–H groups in total. The van der Waals surface area contributed by atoms with Crippen molar-refractivity contribution in [2.24, 2.45) is 0 Å². The minimum absolute atomic E-state index is 0.0687. The Hall–Kier alpha value is -1.69. The first-order chi connectivity index (χ1) is 14.2. The van der Waals surface area contributed by atoms with Crippen molar-refractivity contribution in [3.05, 3.63) is 24.0 Å². The topological polar surface area (TPSA) is 99.2 Å². The highest BCUT2D eigenvalue weighted by Crippen LogP contribution is 2.39. The molecule has 1 aromatic carbocycles. The van der Waals surface area contributed by atoms with Gasteiger partial charge < -0.3 is 18.6 Å². The summed E-state index contributed by atoms with van der Waals surface area (Å²) >= 11 is 0. The number of hydrogen-bond donors (Lipinski definition) is 0. The first-order valence-electron chi connectivity index (χ1n) is 10.3. The molecule has 2 heterocycles. The van der Waals surface area contributed by atoms with E-state index in [1.54, 1.807) is 12.1 Å². The summed E-state index contributed by atoms with van der Waals surface area (Å²) in [7, 11) is -6.26. The van der Waals surface area contributed by atoms with Crippen LogP contribution in [0.25, 0.3) is 0 Å². The summed E-state index contributed by atoms with van der Waals surface area (Å²) < 4.78 is 58.6. The predicted molar refractivity (Wildman–Crippen MR) is 117 cm³/mol. The van der Waals surface area contributed by atoms with Gasteiger partial charge in [0.1, 0.15) is 11.9 Å². The smallest absolute Gasteiger partial charge is 0.414 e. The van der Waals surface area contributed by atoms with Gasteiger partial charge in [0, 0.05) is 18.8 Å². The minimum atomic E-state index is -4.39. The van der Waals surface area contributed by atoms with Crippen LogP contribution in [0.1, 0.15) is 27.2 Å². The molecule has 0 spiro atoms. The van der Waals surface area contributed by atoms with E-state index in [1.807, 2.05) is 4.90 Å². The Morgan fingerprint density at radius 3 is 2.45 bits per heavy atom. The second-order valence-electron chi connectivity index (χ2n) is 9.71. The van der Waals surface area contributed by atoms with Crippen LogP contribution in [0.2, 0.25) is 18.1 Å². The van der Waals surface area contributed by atoms with E-state index in [0.717, 1.165) is 0 Å². The van der Waals surface area contributed by atoms with Crippen molar-refractivity contribution in [2.45, 2.75) is 57.5 Å². The molecular formula is C20H30FN2O6SSi-. The van der Waals surface area contributed by atoms with E-state index in [4.69, 9.17) is 9.16 Å². The van der Waals surface area contributed by atoms with Gasteiger partial charge in [-0.2, -0.15) is 0 Å². The molecule has 0 aromatic heterocycles. The molecule has 31 heavy (non-hydrogen) atoms. The lowest BCUT2D eigenvalue weighted by Gasteiger charge is -2.47. The number of nitrogens with zero attached hydrogens (tertiary/aromatic N) is 2. The highest BCUT2D eigenvalue weighted by Gasteiger charge is 2.42. The fourth-order valence-electron chi connectivity index (χ4n) is 3.38. The van der Waals surface area contributed by atoms with Crippen molar-refractivity contribution in [1.29, 1.82) is 0 Å². The van der Waals surface area contributed by atoms with E-state index >= 15 is 0 Å². The summed E-state index contributed by atoms with van der Waals surface area (Å²) in [5.41, 5.74) is 0.772. The zero-order valence-electron chi connectivity index (χ0n) is 18.6. The molecule has 8 nitrogen and oxygen atoms in total. The third-order valence-electron chi connectivity index (χ3n) is 6.26. The number of benzene rings is 1. The second-order valence-corrected chi connectivity index (χ2v) is 16.0. The first-order valence-corrected chi connectivity index (χ1v) is 14.8. The van der Waals surface area contributed by atoms with Gasteiger partial charge in [-0.05, 0) is 42.8 Å². The van der Waals surface area contributed by atoms with Gasteiger partial charge in [-0.3, -0.25) is 4.90 Å². The van der Waals surface area contributed by atoms with E-state index in [-0.39, 0.29) is 24.1 Å². The van der Waals surface area contributed by atoms with Crippen LogP contribution in [0.3, 0.4) is 0 Å². The predicted octanol–water partition coefficient (Wildman–Crippen LogP) is 3.30. The molecule has 0 saturated carbocycles. The minimum Gasteiger partial charge on any atom is -0.748 e. The molecule has 174 valence electrons. The van der Waals surface area contributed by atoms with Gasteiger partial charge in [-0.15, -0.1) is 0 Å². The fourth-order valence-corrected chi connectivity index (χ4v) is 5.27. The van der Waals surface area contributed by atoms with Crippen LogP contribution in [-0.2, 0) is 19.3 Å². The standard InChI is InChI=1S/C20H31FN2O6SSi/c1-20(2,3)31(4,5)29-16-11-22(12-16)18-7-6-14(10-17(18)21)23-13-15(28-19(23)24)8-9-30(25,26)27/h6-7,10,15-16H,8-9,11-13H2,1-5H3,(H,25,26,27)/p-1/t15-/m1/s1. The summed E-state index contributed by atoms with van der Waals surface area (Å²) in [5, 5.41) is 0.111. The molecule has 0 bridgehead atoms. The lowest BCUT2D eigenvalue weighted by Crippen LogP contribution is -2.58. The molecule has 2 fully saturated rings. The quantitative estimate of drug-likeness (QED) is 0.442. The molecular weight excluding hydrogens is 443 g/mol. The summed E-state index contributed by atoms with van der Waals surface area (Å²) in [5.74, 6) is -1.07. The fraction of sp³-hybridized carbons (Fsp3) is 0.650. The zero-order chi connectivity index (χ0) is 23.2. The average Bonchev–Trinajstić information content (AvgIpc) is 2.96. The van der Waals surface area contributed by atoms with Gasteiger partial charge in [-0.25, -0.2) is 17.6 Å². The average molecular weight is 474 g/mol.